The number of amides is 1. The highest BCUT2D eigenvalue weighted by Gasteiger charge is 2.43. The van der Waals surface area contributed by atoms with Gasteiger partial charge in [-0.25, -0.2) is 4.98 Å². The van der Waals surface area contributed by atoms with Gasteiger partial charge in [0.2, 0.25) is 0 Å². The zero-order valence-corrected chi connectivity index (χ0v) is 14.9. The smallest absolute Gasteiger partial charge is 0.271 e. The van der Waals surface area contributed by atoms with Crippen LogP contribution in [-0.4, -0.2) is 82.3 Å². The minimum atomic E-state index is -0.171. The molecule has 0 bridgehead atoms. The molecule has 1 aromatic heterocycles. The van der Waals surface area contributed by atoms with Gasteiger partial charge in [0.25, 0.3) is 5.91 Å². The molecule has 0 aromatic carbocycles. The number of carbonyl (C=O) groups excluding carboxylic acids is 1. The molecule has 3 aliphatic rings. The van der Waals surface area contributed by atoms with Gasteiger partial charge in [0.15, 0.2) is 0 Å². The Kier molecular flexibility index (Phi) is 4.56. The van der Waals surface area contributed by atoms with Gasteiger partial charge in [-0.05, 0) is 38.0 Å². The van der Waals surface area contributed by atoms with Gasteiger partial charge in [0.05, 0.1) is 25.0 Å². The summed E-state index contributed by atoms with van der Waals surface area (Å²) < 4.78 is 6.08. The fourth-order valence-electron chi connectivity index (χ4n) is 4.51. The summed E-state index contributed by atoms with van der Waals surface area (Å²) in [6.07, 6.45) is 5.68. The van der Waals surface area contributed by atoms with Crippen molar-refractivity contribution >= 4 is 5.91 Å². The number of aliphatic hydroxyl groups is 1. The predicted molar refractivity (Wildman–Crippen MR) is 92.3 cm³/mol. The van der Waals surface area contributed by atoms with Crippen LogP contribution in [0.15, 0.2) is 6.20 Å². The van der Waals surface area contributed by atoms with E-state index in [0.29, 0.717) is 5.69 Å². The monoisotopic (exact) mass is 348 g/mol. The normalized spacial score (nSPS) is 29.6. The average molecular weight is 348 g/mol. The van der Waals surface area contributed by atoms with E-state index in [0.717, 1.165) is 70.8 Å². The molecule has 2 N–H and O–H groups in total. The SMILES string of the molecule is Cc1ncc(C(=O)N2CCC3(CC2)CO[C@H](CN2CC[C@H](O)C2)C3)[nH]1. The van der Waals surface area contributed by atoms with E-state index in [4.69, 9.17) is 4.74 Å². The van der Waals surface area contributed by atoms with Gasteiger partial charge in [-0.1, -0.05) is 0 Å². The Morgan fingerprint density at radius 1 is 1.44 bits per heavy atom. The van der Waals surface area contributed by atoms with Crippen LogP contribution < -0.4 is 0 Å². The molecule has 4 rings (SSSR count). The van der Waals surface area contributed by atoms with Crippen LogP contribution in [0.5, 0.6) is 0 Å². The molecule has 0 saturated carbocycles. The van der Waals surface area contributed by atoms with E-state index in [1.54, 1.807) is 6.20 Å². The summed E-state index contributed by atoms with van der Waals surface area (Å²) in [6.45, 7) is 6.91. The van der Waals surface area contributed by atoms with Crippen molar-refractivity contribution < 1.29 is 14.6 Å². The lowest BCUT2D eigenvalue weighted by Crippen LogP contribution is -2.44. The van der Waals surface area contributed by atoms with E-state index in [-0.39, 0.29) is 23.5 Å². The molecule has 2 atom stereocenters. The highest BCUT2D eigenvalue weighted by Crippen LogP contribution is 2.42. The van der Waals surface area contributed by atoms with Gasteiger partial charge in [-0.15, -0.1) is 0 Å². The third kappa shape index (κ3) is 3.59. The molecule has 3 saturated heterocycles. The van der Waals surface area contributed by atoms with Crippen LogP contribution >= 0.6 is 0 Å². The number of hydrogen-bond acceptors (Lipinski definition) is 5. The zero-order chi connectivity index (χ0) is 17.4. The summed E-state index contributed by atoms with van der Waals surface area (Å²) in [7, 11) is 0. The first-order chi connectivity index (χ1) is 12.0. The Hall–Kier alpha value is -1.44. The zero-order valence-electron chi connectivity index (χ0n) is 14.9. The van der Waals surface area contributed by atoms with E-state index in [1.165, 1.54) is 0 Å². The Morgan fingerprint density at radius 3 is 2.88 bits per heavy atom. The number of piperidine rings is 1. The summed E-state index contributed by atoms with van der Waals surface area (Å²) in [5, 5.41) is 9.67. The molecule has 0 aliphatic carbocycles. The number of nitrogens with one attached hydrogen (secondary N) is 1. The van der Waals surface area contributed by atoms with Crippen molar-refractivity contribution in [1.29, 1.82) is 0 Å². The number of aromatic amines is 1. The molecule has 0 radical (unpaired) electrons. The lowest BCUT2D eigenvalue weighted by Gasteiger charge is -2.38. The van der Waals surface area contributed by atoms with Crippen molar-refractivity contribution in [3.63, 3.8) is 0 Å². The van der Waals surface area contributed by atoms with Crippen molar-refractivity contribution in [2.45, 2.75) is 44.8 Å². The molecule has 1 spiro atoms. The fourth-order valence-corrected chi connectivity index (χ4v) is 4.51. The first kappa shape index (κ1) is 17.0. The van der Waals surface area contributed by atoms with Crippen LogP contribution in [-0.2, 0) is 4.74 Å². The third-order valence-corrected chi connectivity index (χ3v) is 6.04. The summed E-state index contributed by atoms with van der Waals surface area (Å²) in [6, 6.07) is 0. The predicted octanol–water partition coefficient (Wildman–Crippen LogP) is 0.796. The average Bonchev–Trinajstić information content (AvgIpc) is 3.30. The molecule has 3 aliphatic heterocycles. The molecule has 3 fully saturated rings. The van der Waals surface area contributed by atoms with E-state index in [2.05, 4.69) is 14.9 Å². The Bertz CT molecular complexity index is 624. The number of nitrogens with zero attached hydrogens (tertiary/aromatic N) is 3. The summed E-state index contributed by atoms with van der Waals surface area (Å²) >= 11 is 0. The largest absolute Gasteiger partial charge is 0.392 e. The number of carbonyl (C=O) groups is 1. The molecule has 0 unspecified atom stereocenters. The van der Waals surface area contributed by atoms with Crippen molar-refractivity contribution in [2.75, 3.05) is 39.3 Å². The summed E-state index contributed by atoms with van der Waals surface area (Å²) in [4.78, 5) is 23.9. The molecule has 1 aromatic rings. The van der Waals surface area contributed by atoms with Gasteiger partial charge < -0.3 is 19.7 Å². The maximum Gasteiger partial charge on any atom is 0.271 e. The number of rotatable bonds is 3. The van der Waals surface area contributed by atoms with Gasteiger partial charge in [-0.2, -0.15) is 0 Å². The molecule has 7 nitrogen and oxygen atoms in total. The molecule has 4 heterocycles. The lowest BCUT2D eigenvalue weighted by atomic mass is 9.76. The number of H-pyrrole nitrogens is 1. The van der Waals surface area contributed by atoms with Crippen molar-refractivity contribution in [3.05, 3.63) is 17.7 Å². The number of hydrogen-bond donors (Lipinski definition) is 2. The van der Waals surface area contributed by atoms with Gasteiger partial charge >= 0.3 is 0 Å². The van der Waals surface area contributed by atoms with Crippen molar-refractivity contribution in [3.8, 4) is 0 Å². The molecule has 7 heteroatoms. The number of β-amino-alcohol motifs (C(OH)–C–C–N with tert-alkyl or cyclic N) is 1. The van der Waals surface area contributed by atoms with E-state index in [1.807, 2.05) is 11.8 Å². The van der Waals surface area contributed by atoms with E-state index >= 15 is 0 Å². The van der Waals surface area contributed by atoms with Gasteiger partial charge in [-0.3, -0.25) is 9.69 Å². The van der Waals surface area contributed by atoms with E-state index in [9.17, 15) is 9.90 Å². The van der Waals surface area contributed by atoms with Gasteiger partial charge in [0, 0.05) is 32.7 Å². The lowest BCUT2D eigenvalue weighted by molar-refractivity contribution is 0.0448. The van der Waals surface area contributed by atoms with Crippen LogP contribution in [0.1, 0.15) is 42.0 Å². The number of likely N-dealkylation sites (tertiary alicyclic amines) is 2. The molecule has 25 heavy (non-hydrogen) atoms. The van der Waals surface area contributed by atoms with Crippen LogP contribution in [0.25, 0.3) is 0 Å². The maximum absolute atomic E-state index is 12.5. The van der Waals surface area contributed by atoms with Crippen LogP contribution in [0.3, 0.4) is 0 Å². The number of aryl methyl sites for hydroxylation is 1. The quantitative estimate of drug-likeness (QED) is 0.844. The Morgan fingerprint density at radius 2 is 2.24 bits per heavy atom. The number of aliphatic hydroxyl groups excluding tert-OH is 1. The number of imidazole rings is 1. The first-order valence-corrected chi connectivity index (χ1v) is 9.36. The van der Waals surface area contributed by atoms with Crippen LogP contribution in [0.4, 0.5) is 0 Å². The standard InChI is InChI=1S/C18H28N4O3/c1-13-19-9-16(20-13)17(24)22-6-3-18(4-7-22)8-15(25-12-18)11-21-5-2-14(23)10-21/h9,14-15,23H,2-8,10-12H2,1H3,(H,19,20)/t14-,15-/m0/s1. The molecule has 1 amide bonds. The van der Waals surface area contributed by atoms with E-state index < -0.39 is 0 Å². The minimum absolute atomic E-state index is 0.0527. The van der Waals surface area contributed by atoms with Crippen molar-refractivity contribution in [2.24, 2.45) is 5.41 Å². The Labute approximate surface area is 148 Å². The second-order valence-electron chi connectivity index (χ2n) is 8.01. The first-order valence-electron chi connectivity index (χ1n) is 9.36. The van der Waals surface area contributed by atoms with Crippen molar-refractivity contribution in [1.82, 2.24) is 19.8 Å². The number of ether oxygens (including phenoxy) is 1. The minimum Gasteiger partial charge on any atom is -0.392 e. The topological polar surface area (TPSA) is 81.7 Å². The highest BCUT2D eigenvalue weighted by atomic mass is 16.5. The molecular formula is C18H28N4O3. The summed E-state index contributed by atoms with van der Waals surface area (Å²) in [5.41, 5.74) is 0.811. The second kappa shape index (κ2) is 6.70. The number of aromatic nitrogens is 2. The third-order valence-electron chi connectivity index (χ3n) is 6.04. The maximum atomic E-state index is 12.5. The fraction of sp³-hybridized carbons (Fsp3) is 0.778. The second-order valence-corrected chi connectivity index (χ2v) is 8.01. The molecular weight excluding hydrogens is 320 g/mol. The van der Waals surface area contributed by atoms with Crippen LogP contribution in [0, 0.1) is 12.3 Å². The van der Waals surface area contributed by atoms with Gasteiger partial charge in [0.1, 0.15) is 11.5 Å². The highest BCUT2D eigenvalue weighted by molar-refractivity contribution is 5.92. The van der Waals surface area contributed by atoms with Crippen LogP contribution in [0.2, 0.25) is 0 Å². The Balaban J connectivity index is 1.29. The summed E-state index contributed by atoms with van der Waals surface area (Å²) in [5.74, 6) is 0.827. The molecule has 138 valence electrons.